The lowest BCUT2D eigenvalue weighted by Gasteiger charge is -2.10. The minimum atomic E-state index is -0.470. The van der Waals surface area contributed by atoms with Crippen molar-refractivity contribution in [2.45, 2.75) is 12.1 Å². The zero-order chi connectivity index (χ0) is 22.5. The summed E-state index contributed by atoms with van der Waals surface area (Å²) in [6.45, 7) is 1.65. The maximum absolute atomic E-state index is 12.5. The normalized spacial score (nSPS) is 10.7. The SMILES string of the molecule is Cc1ccc(NC(=O)CSc2nnc(-c3ccncc3)n2-c2ccccc2)cc1[N+](=O)[O-]. The van der Waals surface area contributed by atoms with Gasteiger partial charge in [-0.05, 0) is 37.3 Å². The lowest BCUT2D eigenvalue weighted by Crippen LogP contribution is -2.14. The Balaban J connectivity index is 1.55. The van der Waals surface area contributed by atoms with E-state index >= 15 is 0 Å². The Morgan fingerprint density at radius 1 is 1.09 bits per heavy atom. The number of nitro benzene ring substituents is 1. The molecule has 160 valence electrons. The van der Waals surface area contributed by atoms with E-state index < -0.39 is 4.92 Å². The van der Waals surface area contributed by atoms with Gasteiger partial charge >= 0.3 is 0 Å². The number of thioether (sulfide) groups is 1. The number of carbonyl (C=O) groups is 1. The third kappa shape index (κ3) is 4.65. The van der Waals surface area contributed by atoms with Gasteiger partial charge in [0.2, 0.25) is 5.91 Å². The van der Waals surface area contributed by atoms with E-state index in [9.17, 15) is 14.9 Å². The van der Waals surface area contributed by atoms with Crippen LogP contribution in [0, 0.1) is 17.0 Å². The van der Waals surface area contributed by atoms with Crippen molar-refractivity contribution in [3.05, 3.63) is 88.7 Å². The summed E-state index contributed by atoms with van der Waals surface area (Å²) in [7, 11) is 0. The van der Waals surface area contributed by atoms with Crippen LogP contribution in [0.25, 0.3) is 17.1 Å². The van der Waals surface area contributed by atoms with Gasteiger partial charge in [-0.3, -0.25) is 24.5 Å². The van der Waals surface area contributed by atoms with Crippen LogP contribution in [0.5, 0.6) is 0 Å². The molecule has 1 N–H and O–H groups in total. The van der Waals surface area contributed by atoms with Crippen LogP contribution in [0.3, 0.4) is 0 Å². The molecule has 0 aliphatic heterocycles. The molecule has 4 rings (SSSR count). The number of hydrogen-bond acceptors (Lipinski definition) is 7. The fourth-order valence-corrected chi connectivity index (χ4v) is 3.82. The van der Waals surface area contributed by atoms with Crippen molar-refractivity contribution in [1.29, 1.82) is 0 Å². The molecule has 0 spiro atoms. The van der Waals surface area contributed by atoms with Crippen molar-refractivity contribution in [1.82, 2.24) is 19.7 Å². The zero-order valence-corrected chi connectivity index (χ0v) is 17.8. The van der Waals surface area contributed by atoms with Crippen molar-refractivity contribution < 1.29 is 9.72 Å². The van der Waals surface area contributed by atoms with Crippen LogP contribution in [0.2, 0.25) is 0 Å². The van der Waals surface area contributed by atoms with E-state index in [0.29, 0.717) is 22.2 Å². The van der Waals surface area contributed by atoms with Gasteiger partial charge in [-0.1, -0.05) is 36.0 Å². The molecule has 2 aromatic heterocycles. The van der Waals surface area contributed by atoms with E-state index in [1.807, 2.05) is 47.0 Å². The lowest BCUT2D eigenvalue weighted by molar-refractivity contribution is -0.385. The molecule has 1 amide bonds. The Kier molecular flexibility index (Phi) is 6.22. The van der Waals surface area contributed by atoms with Crippen LogP contribution in [-0.2, 0) is 4.79 Å². The summed E-state index contributed by atoms with van der Waals surface area (Å²) in [5.41, 5.74) is 2.57. The fraction of sp³-hybridized carbons (Fsp3) is 0.0909. The number of benzene rings is 2. The average molecular weight is 446 g/mol. The highest BCUT2D eigenvalue weighted by Gasteiger charge is 2.18. The number of aromatic nitrogens is 4. The third-order valence-electron chi connectivity index (χ3n) is 4.61. The highest BCUT2D eigenvalue weighted by molar-refractivity contribution is 7.99. The highest BCUT2D eigenvalue weighted by Crippen LogP contribution is 2.28. The number of rotatable bonds is 7. The predicted molar refractivity (Wildman–Crippen MR) is 122 cm³/mol. The summed E-state index contributed by atoms with van der Waals surface area (Å²) in [4.78, 5) is 27.2. The molecule has 10 heteroatoms. The van der Waals surface area contributed by atoms with E-state index in [0.717, 1.165) is 11.3 Å². The first kappa shape index (κ1) is 21.2. The van der Waals surface area contributed by atoms with Gasteiger partial charge in [-0.2, -0.15) is 0 Å². The predicted octanol–water partition coefficient (Wildman–Crippen LogP) is 4.28. The smallest absolute Gasteiger partial charge is 0.274 e. The number of nitrogens with one attached hydrogen (secondary N) is 1. The Hall–Kier alpha value is -4.05. The van der Waals surface area contributed by atoms with Gasteiger partial charge in [0.15, 0.2) is 11.0 Å². The Bertz CT molecular complexity index is 1260. The van der Waals surface area contributed by atoms with E-state index in [4.69, 9.17) is 0 Å². The first-order valence-electron chi connectivity index (χ1n) is 9.62. The number of nitro groups is 1. The van der Waals surface area contributed by atoms with Crippen LogP contribution in [0.4, 0.5) is 11.4 Å². The maximum Gasteiger partial charge on any atom is 0.274 e. The van der Waals surface area contributed by atoms with Gasteiger partial charge in [0.1, 0.15) is 0 Å². The molecule has 32 heavy (non-hydrogen) atoms. The molecule has 9 nitrogen and oxygen atoms in total. The topological polar surface area (TPSA) is 116 Å². The average Bonchev–Trinajstić information content (AvgIpc) is 3.24. The van der Waals surface area contributed by atoms with Gasteiger partial charge < -0.3 is 5.32 Å². The summed E-state index contributed by atoms with van der Waals surface area (Å²) < 4.78 is 1.88. The molecule has 2 aromatic carbocycles. The van der Waals surface area contributed by atoms with Crippen LogP contribution in [0.1, 0.15) is 5.56 Å². The number of pyridine rings is 1. The van der Waals surface area contributed by atoms with Crippen molar-refractivity contribution in [3.8, 4) is 17.1 Å². The van der Waals surface area contributed by atoms with Gasteiger partial charge in [-0.25, -0.2) is 0 Å². The van der Waals surface area contributed by atoms with Crippen molar-refractivity contribution in [2.75, 3.05) is 11.1 Å². The monoisotopic (exact) mass is 446 g/mol. The van der Waals surface area contributed by atoms with E-state index in [-0.39, 0.29) is 17.3 Å². The van der Waals surface area contributed by atoms with Crippen LogP contribution in [-0.4, -0.2) is 36.3 Å². The largest absolute Gasteiger partial charge is 0.325 e. The first-order chi connectivity index (χ1) is 15.5. The number of carbonyl (C=O) groups excluding carboxylic acids is 1. The molecular formula is C22H18N6O3S. The van der Waals surface area contributed by atoms with Crippen molar-refractivity contribution >= 4 is 29.0 Å². The molecule has 4 aromatic rings. The summed E-state index contributed by atoms with van der Waals surface area (Å²) in [5.74, 6) is 0.389. The molecule has 0 saturated carbocycles. The molecule has 0 radical (unpaired) electrons. The summed E-state index contributed by atoms with van der Waals surface area (Å²) in [6, 6.07) is 17.9. The molecule has 0 unspecified atom stereocenters. The molecule has 0 fully saturated rings. The van der Waals surface area contributed by atoms with E-state index in [1.54, 1.807) is 31.5 Å². The number of anilines is 1. The van der Waals surface area contributed by atoms with Gasteiger partial charge in [0.25, 0.3) is 5.69 Å². The molecule has 0 bridgehead atoms. The minimum absolute atomic E-state index is 0.0405. The maximum atomic E-state index is 12.5. The van der Waals surface area contributed by atoms with Gasteiger partial charge in [0, 0.05) is 41.0 Å². The number of aryl methyl sites for hydroxylation is 1. The summed E-state index contributed by atoms with van der Waals surface area (Å²) >= 11 is 1.23. The zero-order valence-electron chi connectivity index (χ0n) is 17.0. The molecule has 0 aliphatic carbocycles. The van der Waals surface area contributed by atoms with E-state index in [1.165, 1.54) is 17.8 Å². The van der Waals surface area contributed by atoms with Crippen LogP contribution in [0.15, 0.2) is 78.2 Å². The fourth-order valence-electron chi connectivity index (χ4n) is 3.07. The Morgan fingerprint density at radius 3 is 2.56 bits per heavy atom. The van der Waals surface area contributed by atoms with Crippen molar-refractivity contribution in [3.63, 3.8) is 0 Å². The number of amides is 1. The molecule has 0 atom stereocenters. The lowest BCUT2D eigenvalue weighted by atomic mass is 10.2. The van der Waals surface area contributed by atoms with E-state index in [2.05, 4.69) is 20.5 Å². The third-order valence-corrected chi connectivity index (χ3v) is 5.54. The van der Waals surface area contributed by atoms with Crippen LogP contribution < -0.4 is 5.32 Å². The minimum Gasteiger partial charge on any atom is -0.325 e. The van der Waals surface area contributed by atoms with Crippen LogP contribution >= 0.6 is 11.8 Å². The first-order valence-corrected chi connectivity index (χ1v) is 10.6. The second-order valence-electron chi connectivity index (χ2n) is 6.81. The number of nitrogens with zero attached hydrogens (tertiary/aromatic N) is 5. The number of hydrogen-bond donors (Lipinski definition) is 1. The molecule has 2 heterocycles. The van der Waals surface area contributed by atoms with Gasteiger partial charge in [0.05, 0.1) is 10.7 Å². The molecule has 0 aliphatic rings. The molecule has 0 saturated heterocycles. The quantitative estimate of drug-likeness (QED) is 0.256. The summed E-state index contributed by atoms with van der Waals surface area (Å²) in [5, 5.41) is 23.0. The molecular weight excluding hydrogens is 428 g/mol. The van der Waals surface area contributed by atoms with Crippen molar-refractivity contribution in [2.24, 2.45) is 0 Å². The van der Waals surface area contributed by atoms with Gasteiger partial charge in [-0.15, -0.1) is 10.2 Å². The Labute approximate surface area is 187 Å². The standard InChI is InChI=1S/C22H18N6O3S/c1-15-7-8-17(13-19(15)28(30)31)24-20(29)14-32-22-26-25-21(16-9-11-23-12-10-16)27(22)18-5-3-2-4-6-18/h2-13H,14H2,1H3,(H,24,29). The summed E-state index contributed by atoms with van der Waals surface area (Å²) in [6.07, 6.45) is 3.36. The highest BCUT2D eigenvalue weighted by atomic mass is 32.2. The second kappa shape index (κ2) is 9.40. The second-order valence-corrected chi connectivity index (χ2v) is 7.75. The Morgan fingerprint density at radius 2 is 1.84 bits per heavy atom. The number of para-hydroxylation sites is 1.